The zero-order valence-corrected chi connectivity index (χ0v) is 12.3. The van der Waals surface area contributed by atoms with Crippen LogP contribution in [0.1, 0.15) is 5.56 Å². The molecule has 0 spiro atoms. The van der Waals surface area contributed by atoms with Crippen molar-refractivity contribution in [2.24, 2.45) is 0 Å². The Morgan fingerprint density at radius 1 is 1.11 bits per heavy atom. The molecule has 2 rings (SSSR count). The van der Waals surface area contributed by atoms with Gasteiger partial charge in [-0.05, 0) is 35.9 Å². The van der Waals surface area contributed by atoms with Crippen molar-refractivity contribution >= 4 is 13.3 Å². The number of rotatable bonds is 2. The molecule has 0 aliphatic carbocycles. The predicted octanol–water partition coefficient (Wildman–Crippen LogP) is 3.74. The molecule has 18 heavy (non-hydrogen) atoms. The molecule has 0 aliphatic rings. The van der Waals surface area contributed by atoms with Gasteiger partial charge < -0.3 is 0 Å². The summed E-state index contributed by atoms with van der Waals surface area (Å²) in [7, 11) is -1.37. The van der Waals surface area contributed by atoms with Gasteiger partial charge in [0, 0.05) is 11.8 Å². The van der Waals surface area contributed by atoms with Crippen LogP contribution in [0.25, 0.3) is 11.3 Å². The molecule has 0 unspecified atom stereocenters. The summed E-state index contributed by atoms with van der Waals surface area (Å²) < 4.78 is 13.7. The van der Waals surface area contributed by atoms with Crippen molar-refractivity contribution in [3.63, 3.8) is 0 Å². The molecule has 0 bridgehead atoms. The van der Waals surface area contributed by atoms with Crippen LogP contribution in [0, 0.1) is 12.7 Å². The van der Waals surface area contributed by atoms with E-state index in [-0.39, 0.29) is 5.82 Å². The first kappa shape index (κ1) is 13.0. The van der Waals surface area contributed by atoms with Gasteiger partial charge in [-0.2, -0.15) is 0 Å². The Bertz CT molecular complexity index is 573. The Kier molecular flexibility index (Phi) is 3.35. The summed E-state index contributed by atoms with van der Waals surface area (Å²) in [4.78, 5) is 4.43. The summed E-state index contributed by atoms with van der Waals surface area (Å²) >= 11 is 0. The van der Waals surface area contributed by atoms with Gasteiger partial charge >= 0.3 is 0 Å². The monoisotopic (exact) mass is 259 g/mol. The fourth-order valence-electron chi connectivity index (χ4n) is 2.16. The van der Waals surface area contributed by atoms with E-state index in [1.54, 1.807) is 12.1 Å². The Morgan fingerprint density at radius 2 is 1.78 bits per heavy atom. The van der Waals surface area contributed by atoms with Crippen molar-refractivity contribution in [2.75, 3.05) is 0 Å². The highest BCUT2D eigenvalue weighted by atomic mass is 28.3. The van der Waals surface area contributed by atoms with Crippen molar-refractivity contribution < 1.29 is 4.39 Å². The first-order valence-electron chi connectivity index (χ1n) is 6.11. The molecule has 0 amide bonds. The first-order valence-corrected chi connectivity index (χ1v) is 9.61. The Balaban J connectivity index is 2.51. The second-order valence-corrected chi connectivity index (χ2v) is 10.7. The van der Waals surface area contributed by atoms with E-state index in [0.717, 1.165) is 0 Å². The minimum Gasteiger partial charge on any atom is -0.256 e. The van der Waals surface area contributed by atoms with E-state index in [1.165, 1.54) is 16.8 Å². The van der Waals surface area contributed by atoms with Crippen LogP contribution in [-0.4, -0.2) is 13.1 Å². The standard InChI is InChI=1S/C15H18FNSi/c1-11-9-14(12-7-5-6-8-13(12)16)17-10-15(11)18(2,3)4/h5-10H,1-4H3. The van der Waals surface area contributed by atoms with Crippen molar-refractivity contribution in [3.05, 3.63) is 47.9 Å². The van der Waals surface area contributed by atoms with Crippen LogP contribution >= 0.6 is 0 Å². The number of hydrogen-bond donors (Lipinski definition) is 0. The molecule has 3 heteroatoms. The van der Waals surface area contributed by atoms with Gasteiger partial charge in [-0.1, -0.05) is 31.8 Å². The van der Waals surface area contributed by atoms with Crippen LogP contribution in [0.4, 0.5) is 4.39 Å². The van der Waals surface area contributed by atoms with Gasteiger partial charge in [0.1, 0.15) is 5.82 Å². The van der Waals surface area contributed by atoms with Crippen molar-refractivity contribution in [3.8, 4) is 11.3 Å². The third kappa shape index (κ3) is 2.51. The lowest BCUT2D eigenvalue weighted by Crippen LogP contribution is -2.39. The molecule has 1 nitrogen and oxygen atoms in total. The fourth-order valence-corrected chi connectivity index (χ4v) is 3.86. The molecule has 0 radical (unpaired) electrons. The van der Waals surface area contributed by atoms with Gasteiger partial charge in [0.2, 0.25) is 0 Å². The van der Waals surface area contributed by atoms with Gasteiger partial charge in [0.25, 0.3) is 0 Å². The number of hydrogen-bond acceptors (Lipinski definition) is 1. The number of halogens is 1. The summed E-state index contributed by atoms with van der Waals surface area (Å²) in [6.45, 7) is 8.96. The predicted molar refractivity (Wildman–Crippen MR) is 77.3 cm³/mol. The number of aryl methyl sites for hydroxylation is 1. The Labute approximate surface area is 109 Å². The lowest BCUT2D eigenvalue weighted by atomic mass is 10.1. The van der Waals surface area contributed by atoms with E-state index in [4.69, 9.17) is 0 Å². The second kappa shape index (κ2) is 4.65. The van der Waals surface area contributed by atoms with Crippen LogP contribution in [-0.2, 0) is 0 Å². The molecule has 0 aliphatic heterocycles. The molecule has 1 aromatic carbocycles. The first-order chi connectivity index (χ1) is 8.39. The maximum Gasteiger partial charge on any atom is 0.132 e. The zero-order valence-electron chi connectivity index (χ0n) is 11.3. The molecule has 0 fully saturated rings. The highest BCUT2D eigenvalue weighted by Crippen LogP contribution is 2.21. The largest absolute Gasteiger partial charge is 0.256 e. The van der Waals surface area contributed by atoms with Crippen LogP contribution in [0.5, 0.6) is 0 Å². The van der Waals surface area contributed by atoms with Gasteiger partial charge in [-0.3, -0.25) is 4.98 Å². The average molecular weight is 259 g/mol. The van der Waals surface area contributed by atoms with Crippen molar-refractivity contribution in [2.45, 2.75) is 26.6 Å². The van der Waals surface area contributed by atoms with Crippen LogP contribution in [0.2, 0.25) is 19.6 Å². The van der Waals surface area contributed by atoms with Gasteiger partial charge in [0.15, 0.2) is 0 Å². The fraction of sp³-hybridized carbons (Fsp3) is 0.267. The highest BCUT2D eigenvalue weighted by Gasteiger charge is 2.19. The number of benzene rings is 1. The maximum absolute atomic E-state index is 13.7. The molecule has 94 valence electrons. The number of nitrogens with zero attached hydrogens (tertiary/aromatic N) is 1. The molecule has 0 atom stereocenters. The van der Waals surface area contributed by atoms with E-state index in [2.05, 4.69) is 31.5 Å². The SMILES string of the molecule is Cc1cc(-c2ccccc2F)ncc1[Si](C)(C)C. The smallest absolute Gasteiger partial charge is 0.132 e. The molecule has 0 saturated carbocycles. The summed E-state index contributed by atoms with van der Waals surface area (Å²) in [6, 6.07) is 8.76. The molecular weight excluding hydrogens is 241 g/mol. The third-order valence-electron chi connectivity index (χ3n) is 3.07. The van der Waals surface area contributed by atoms with E-state index >= 15 is 0 Å². The zero-order chi connectivity index (χ0) is 13.3. The van der Waals surface area contributed by atoms with Gasteiger partial charge in [0.05, 0.1) is 13.8 Å². The normalized spacial score (nSPS) is 11.6. The van der Waals surface area contributed by atoms with Gasteiger partial charge in [-0.15, -0.1) is 0 Å². The van der Waals surface area contributed by atoms with E-state index < -0.39 is 8.07 Å². The third-order valence-corrected chi connectivity index (χ3v) is 5.21. The topological polar surface area (TPSA) is 12.9 Å². The minimum absolute atomic E-state index is 0.217. The Hall–Kier alpha value is -1.48. The minimum atomic E-state index is -1.37. The maximum atomic E-state index is 13.7. The second-order valence-electron chi connectivity index (χ2n) is 5.61. The summed E-state index contributed by atoms with van der Waals surface area (Å²) in [5.41, 5.74) is 2.50. The molecule has 0 saturated heterocycles. The Morgan fingerprint density at radius 3 is 2.33 bits per heavy atom. The van der Waals surface area contributed by atoms with Crippen LogP contribution in [0.15, 0.2) is 36.5 Å². The summed E-state index contributed by atoms with van der Waals surface area (Å²) in [5.74, 6) is -0.217. The van der Waals surface area contributed by atoms with E-state index in [9.17, 15) is 4.39 Å². The van der Waals surface area contributed by atoms with Crippen LogP contribution in [0.3, 0.4) is 0 Å². The number of pyridine rings is 1. The highest BCUT2D eigenvalue weighted by molar-refractivity contribution is 6.89. The van der Waals surface area contributed by atoms with Gasteiger partial charge in [-0.25, -0.2) is 4.39 Å². The molecular formula is C15H18FNSi. The molecule has 1 aromatic heterocycles. The number of aromatic nitrogens is 1. The lowest BCUT2D eigenvalue weighted by molar-refractivity contribution is 0.630. The average Bonchev–Trinajstić information content (AvgIpc) is 2.27. The quantitative estimate of drug-likeness (QED) is 0.749. The van der Waals surface area contributed by atoms with E-state index in [1.807, 2.05) is 18.3 Å². The van der Waals surface area contributed by atoms with Crippen molar-refractivity contribution in [1.82, 2.24) is 4.98 Å². The molecule has 0 N–H and O–H groups in total. The molecule has 1 heterocycles. The van der Waals surface area contributed by atoms with E-state index in [0.29, 0.717) is 11.3 Å². The van der Waals surface area contributed by atoms with Crippen molar-refractivity contribution in [1.29, 1.82) is 0 Å². The lowest BCUT2D eigenvalue weighted by Gasteiger charge is -2.19. The van der Waals surface area contributed by atoms with Crippen LogP contribution < -0.4 is 5.19 Å². The summed E-state index contributed by atoms with van der Waals surface area (Å²) in [5, 5.41) is 1.34. The summed E-state index contributed by atoms with van der Waals surface area (Å²) in [6.07, 6.45) is 1.92. The molecule has 2 aromatic rings.